The van der Waals surface area contributed by atoms with Crippen molar-refractivity contribution in [1.29, 1.82) is 0 Å². The molecule has 2 N–H and O–H groups in total. The lowest BCUT2D eigenvalue weighted by atomic mass is 10.0. The van der Waals surface area contributed by atoms with E-state index in [2.05, 4.69) is 15.4 Å². The average Bonchev–Trinajstić information content (AvgIpc) is 3.08. The molecule has 6 nitrogen and oxygen atoms in total. The van der Waals surface area contributed by atoms with E-state index in [4.69, 9.17) is 0 Å². The number of H-pyrrole nitrogens is 1. The molecule has 3 aliphatic heterocycles. The van der Waals surface area contributed by atoms with Crippen LogP contribution in [0.4, 0.5) is 10.1 Å². The van der Waals surface area contributed by atoms with Gasteiger partial charge >= 0.3 is 0 Å². The Labute approximate surface area is 160 Å². The molecule has 0 spiro atoms. The van der Waals surface area contributed by atoms with E-state index in [-0.39, 0.29) is 11.4 Å². The first-order valence-corrected chi connectivity index (χ1v) is 9.39. The Morgan fingerprint density at radius 3 is 2.61 bits per heavy atom. The van der Waals surface area contributed by atoms with Gasteiger partial charge in [0.2, 0.25) is 0 Å². The van der Waals surface area contributed by atoms with E-state index >= 15 is 0 Å². The van der Waals surface area contributed by atoms with E-state index in [0.29, 0.717) is 28.0 Å². The quantitative estimate of drug-likeness (QED) is 0.564. The number of nitrogens with zero attached hydrogens (tertiary/aromatic N) is 3. The smallest absolute Gasteiger partial charge is 0.282 e. The Kier molecular flexibility index (Phi) is 3.91. The number of hydrogen-bond acceptors (Lipinski definition) is 4. The third kappa shape index (κ3) is 2.58. The van der Waals surface area contributed by atoms with Crippen LogP contribution in [0.5, 0.6) is 0 Å². The van der Waals surface area contributed by atoms with E-state index in [9.17, 15) is 9.18 Å². The predicted molar refractivity (Wildman–Crippen MR) is 108 cm³/mol. The number of para-hydroxylation sites is 1. The zero-order valence-corrected chi connectivity index (χ0v) is 15.5. The predicted octanol–water partition coefficient (Wildman–Crippen LogP) is 2.68. The second kappa shape index (κ2) is 6.45. The summed E-state index contributed by atoms with van der Waals surface area (Å²) in [6.07, 6.45) is 0. The van der Waals surface area contributed by atoms with Crippen LogP contribution in [-0.2, 0) is 0 Å². The van der Waals surface area contributed by atoms with Crippen molar-refractivity contribution in [3.63, 3.8) is 0 Å². The monoisotopic (exact) mass is 377 g/mol. The third-order valence-corrected chi connectivity index (χ3v) is 5.34. The van der Waals surface area contributed by atoms with Crippen LogP contribution >= 0.6 is 0 Å². The maximum Gasteiger partial charge on any atom is 0.282 e. The summed E-state index contributed by atoms with van der Waals surface area (Å²) in [4.78, 5) is 18.3. The fraction of sp³-hybridized carbons (Fsp3) is 0.238. The lowest BCUT2D eigenvalue weighted by molar-refractivity contribution is 0.567. The normalized spacial score (nSPS) is 14.9. The molecule has 3 aliphatic rings. The van der Waals surface area contributed by atoms with E-state index in [1.165, 1.54) is 10.7 Å². The number of anilines is 1. The molecular weight excluding hydrogens is 357 g/mol. The van der Waals surface area contributed by atoms with Crippen LogP contribution in [0.1, 0.15) is 5.69 Å². The highest BCUT2D eigenvalue weighted by molar-refractivity contribution is 5.96. The minimum absolute atomic E-state index is 0.205. The van der Waals surface area contributed by atoms with Crippen molar-refractivity contribution in [3.05, 3.63) is 64.3 Å². The fourth-order valence-electron chi connectivity index (χ4n) is 3.95. The Morgan fingerprint density at radius 1 is 1.11 bits per heavy atom. The minimum atomic E-state index is -0.297. The number of hydrogen-bond donors (Lipinski definition) is 2. The zero-order chi connectivity index (χ0) is 19.3. The molecule has 2 aromatic carbocycles. The fourth-order valence-corrected chi connectivity index (χ4v) is 3.95. The molecule has 1 fully saturated rings. The summed E-state index contributed by atoms with van der Waals surface area (Å²) in [5.41, 5.74) is 3.58. The van der Waals surface area contributed by atoms with Gasteiger partial charge in [-0.1, -0.05) is 18.2 Å². The largest absolute Gasteiger partial charge is 0.367 e. The lowest BCUT2D eigenvalue weighted by Crippen LogP contribution is -2.43. The number of halogens is 1. The van der Waals surface area contributed by atoms with Gasteiger partial charge in [0.15, 0.2) is 0 Å². The summed E-state index contributed by atoms with van der Waals surface area (Å²) in [5, 5.41) is 8.44. The number of nitrogens with one attached hydrogen (secondary N) is 2. The van der Waals surface area contributed by atoms with Crippen LogP contribution in [0.15, 0.2) is 47.3 Å². The Bertz CT molecular complexity index is 1190. The van der Waals surface area contributed by atoms with E-state index < -0.39 is 0 Å². The van der Waals surface area contributed by atoms with Gasteiger partial charge in [0.25, 0.3) is 5.56 Å². The van der Waals surface area contributed by atoms with Gasteiger partial charge in [-0.25, -0.2) is 4.39 Å². The van der Waals surface area contributed by atoms with Crippen LogP contribution in [0.3, 0.4) is 0 Å². The van der Waals surface area contributed by atoms with Gasteiger partial charge in [0.1, 0.15) is 11.5 Å². The maximum atomic E-state index is 15.0. The number of benzene rings is 2. The molecule has 3 heterocycles. The van der Waals surface area contributed by atoms with Crippen LogP contribution in [0.2, 0.25) is 0 Å². The molecule has 28 heavy (non-hydrogen) atoms. The van der Waals surface area contributed by atoms with Crippen molar-refractivity contribution >= 4 is 16.6 Å². The second-order valence-electron chi connectivity index (χ2n) is 7.11. The number of fused-ring (bicyclic) bond motifs is 3. The first kappa shape index (κ1) is 16.9. The van der Waals surface area contributed by atoms with Crippen LogP contribution in [-0.4, -0.2) is 40.9 Å². The summed E-state index contributed by atoms with van der Waals surface area (Å²) in [5.74, 6) is -0.297. The molecule has 0 amide bonds. The van der Waals surface area contributed by atoms with Crippen molar-refractivity contribution < 1.29 is 4.39 Å². The Morgan fingerprint density at radius 2 is 1.86 bits per heavy atom. The van der Waals surface area contributed by atoms with Crippen molar-refractivity contribution in [2.24, 2.45) is 0 Å². The Balaban J connectivity index is 1.74. The van der Waals surface area contributed by atoms with Crippen LogP contribution < -0.4 is 15.8 Å². The number of rotatable bonds is 2. The first-order chi connectivity index (χ1) is 13.6. The van der Waals surface area contributed by atoms with Crippen LogP contribution in [0, 0.1) is 12.7 Å². The zero-order valence-electron chi connectivity index (χ0n) is 15.5. The van der Waals surface area contributed by atoms with Gasteiger partial charge in [-0.15, -0.1) is 0 Å². The maximum absolute atomic E-state index is 15.0. The summed E-state index contributed by atoms with van der Waals surface area (Å²) in [7, 11) is 0. The minimum Gasteiger partial charge on any atom is -0.367 e. The van der Waals surface area contributed by atoms with Gasteiger partial charge in [0.05, 0.1) is 22.5 Å². The number of aryl methyl sites for hydroxylation is 1. The molecular formula is C21H20FN5O. The van der Waals surface area contributed by atoms with Crippen molar-refractivity contribution in [3.8, 4) is 16.9 Å². The molecule has 0 atom stereocenters. The highest BCUT2D eigenvalue weighted by Gasteiger charge is 2.24. The highest BCUT2D eigenvalue weighted by Crippen LogP contribution is 2.33. The summed E-state index contributed by atoms with van der Waals surface area (Å²) < 4.78 is 16.4. The molecule has 0 radical (unpaired) electrons. The van der Waals surface area contributed by atoms with Crippen molar-refractivity contribution in [2.75, 3.05) is 31.1 Å². The third-order valence-electron chi connectivity index (χ3n) is 5.34. The van der Waals surface area contributed by atoms with Gasteiger partial charge in [0, 0.05) is 37.3 Å². The van der Waals surface area contributed by atoms with E-state index in [1.54, 1.807) is 0 Å². The number of aromatic nitrogens is 3. The van der Waals surface area contributed by atoms with Gasteiger partial charge in [-0.3, -0.25) is 4.79 Å². The average molecular weight is 377 g/mol. The summed E-state index contributed by atoms with van der Waals surface area (Å²) in [6, 6.07) is 12.6. The molecule has 0 bridgehead atoms. The number of pyridine rings is 1. The SMILES string of the molecule is Cc1[nH]c2cc(N3CCNCC3)c(F)cc2c2nn(-c3ccccc3)c(=O)c1-2. The molecule has 7 heteroatoms. The van der Waals surface area contributed by atoms with Crippen LogP contribution in [0.25, 0.3) is 27.8 Å². The van der Waals surface area contributed by atoms with E-state index in [1.807, 2.05) is 48.2 Å². The van der Waals surface area contributed by atoms with Gasteiger partial charge in [-0.2, -0.15) is 9.78 Å². The summed E-state index contributed by atoms with van der Waals surface area (Å²) in [6.45, 7) is 5.04. The van der Waals surface area contributed by atoms with Crippen molar-refractivity contribution in [1.82, 2.24) is 20.1 Å². The standard InChI is InChI=1S/C21H20FN5O/c1-13-19-20(25-27(21(19)28)14-5-3-2-4-6-14)15-11-16(22)18(12-17(15)24-13)26-9-7-23-8-10-26/h2-6,11-12,23-24H,7-10H2,1H3. The molecule has 0 aliphatic carbocycles. The highest BCUT2D eigenvalue weighted by atomic mass is 19.1. The molecule has 0 saturated carbocycles. The van der Waals surface area contributed by atoms with Crippen molar-refractivity contribution in [2.45, 2.75) is 6.92 Å². The number of aromatic amines is 1. The van der Waals surface area contributed by atoms with Gasteiger partial charge < -0.3 is 15.2 Å². The Hall–Kier alpha value is -3.19. The lowest BCUT2D eigenvalue weighted by Gasteiger charge is -2.30. The first-order valence-electron chi connectivity index (χ1n) is 9.39. The molecule has 0 unspecified atom stereocenters. The molecule has 2 aromatic rings. The van der Waals surface area contributed by atoms with E-state index in [0.717, 1.165) is 37.4 Å². The molecule has 142 valence electrons. The van der Waals surface area contributed by atoms with Gasteiger partial charge in [-0.05, 0) is 31.2 Å². The molecule has 5 rings (SSSR count). The molecule has 1 saturated heterocycles. The molecule has 0 aromatic heterocycles. The second-order valence-corrected chi connectivity index (χ2v) is 7.11. The number of piperazine rings is 1. The summed E-state index contributed by atoms with van der Waals surface area (Å²) >= 11 is 0. The topological polar surface area (TPSA) is 66.0 Å².